The number of para-hydroxylation sites is 3. The van der Waals surface area contributed by atoms with E-state index in [2.05, 4.69) is 20.5 Å². The summed E-state index contributed by atoms with van der Waals surface area (Å²) in [5, 5.41) is 9.16. The van der Waals surface area contributed by atoms with Crippen molar-refractivity contribution < 1.29 is 0 Å². The third-order valence-electron chi connectivity index (χ3n) is 4.57. The molecule has 0 unspecified atom stereocenters. The molecule has 2 N–H and O–H groups in total. The van der Waals surface area contributed by atoms with Gasteiger partial charge in [0.25, 0.3) is 0 Å². The van der Waals surface area contributed by atoms with Crippen LogP contribution in [0, 0.1) is 0 Å². The molecule has 29 heavy (non-hydrogen) atoms. The normalized spacial score (nSPS) is 11.3. The quantitative estimate of drug-likeness (QED) is 0.339. The lowest BCUT2D eigenvalue weighted by Gasteiger charge is -2.00. The Labute approximate surface area is 167 Å². The van der Waals surface area contributed by atoms with Gasteiger partial charge in [0.15, 0.2) is 0 Å². The molecule has 0 saturated heterocycles. The summed E-state index contributed by atoms with van der Waals surface area (Å²) in [6.07, 6.45) is 3.74. The molecule has 3 aromatic carbocycles. The molecule has 6 nitrogen and oxygen atoms in total. The third-order valence-corrected chi connectivity index (χ3v) is 4.57. The number of anilines is 1. The molecule has 2 aromatic heterocycles. The van der Waals surface area contributed by atoms with Gasteiger partial charge < -0.3 is 4.98 Å². The van der Waals surface area contributed by atoms with Crippen molar-refractivity contribution in [3.8, 4) is 16.9 Å². The Hall–Kier alpha value is -4.19. The average Bonchev–Trinajstić information content (AvgIpc) is 3.39. The van der Waals surface area contributed by atoms with Crippen molar-refractivity contribution in [3.05, 3.63) is 96.7 Å². The van der Waals surface area contributed by atoms with Crippen LogP contribution < -0.4 is 5.43 Å². The maximum Gasteiger partial charge on any atom is 0.222 e. The SMILES string of the molecule is C(=NNc1nc2ccccc2[nH]1)c1cn(-c2ccccc2)nc1-c1ccccc1. The monoisotopic (exact) mass is 378 g/mol. The molecule has 6 heteroatoms. The fourth-order valence-corrected chi connectivity index (χ4v) is 3.18. The molecule has 0 bridgehead atoms. The second-order valence-corrected chi connectivity index (χ2v) is 6.55. The molecular weight excluding hydrogens is 360 g/mol. The molecule has 0 amide bonds. The van der Waals surface area contributed by atoms with Crippen LogP contribution in [0.15, 0.2) is 96.2 Å². The van der Waals surface area contributed by atoms with E-state index in [9.17, 15) is 0 Å². The minimum absolute atomic E-state index is 0.596. The maximum atomic E-state index is 4.79. The van der Waals surface area contributed by atoms with Gasteiger partial charge in [-0.1, -0.05) is 60.7 Å². The van der Waals surface area contributed by atoms with Gasteiger partial charge in [0.2, 0.25) is 5.95 Å². The first-order chi connectivity index (χ1) is 14.4. The van der Waals surface area contributed by atoms with Crippen LogP contribution in [-0.2, 0) is 0 Å². The van der Waals surface area contributed by atoms with Gasteiger partial charge in [-0.25, -0.2) is 15.1 Å². The van der Waals surface area contributed by atoms with Crippen LogP contribution in [0.25, 0.3) is 28.0 Å². The van der Waals surface area contributed by atoms with Crippen LogP contribution in [0.4, 0.5) is 5.95 Å². The number of nitrogens with zero attached hydrogens (tertiary/aromatic N) is 4. The molecule has 0 atom stereocenters. The van der Waals surface area contributed by atoms with Crippen molar-refractivity contribution in [1.29, 1.82) is 0 Å². The fourth-order valence-electron chi connectivity index (χ4n) is 3.18. The van der Waals surface area contributed by atoms with Gasteiger partial charge in [0, 0.05) is 17.3 Å². The fraction of sp³-hybridized carbons (Fsp3) is 0. The maximum absolute atomic E-state index is 4.79. The number of imidazole rings is 1. The molecule has 2 heterocycles. The second-order valence-electron chi connectivity index (χ2n) is 6.55. The number of H-pyrrole nitrogens is 1. The number of hydrogen-bond donors (Lipinski definition) is 2. The first kappa shape index (κ1) is 16.9. The Morgan fingerprint density at radius 2 is 1.59 bits per heavy atom. The van der Waals surface area contributed by atoms with Gasteiger partial charge in [-0.15, -0.1) is 0 Å². The Balaban J connectivity index is 1.47. The molecule has 140 valence electrons. The Morgan fingerprint density at radius 3 is 2.38 bits per heavy atom. The van der Waals surface area contributed by atoms with Crippen LogP contribution in [0.2, 0.25) is 0 Å². The average molecular weight is 378 g/mol. The first-order valence-corrected chi connectivity index (χ1v) is 9.31. The zero-order chi connectivity index (χ0) is 19.5. The van der Waals surface area contributed by atoms with E-state index in [-0.39, 0.29) is 0 Å². The van der Waals surface area contributed by atoms with E-state index < -0.39 is 0 Å². The highest BCUT2D eigenvalue weighted by atomic mass is 15.4. The van der Waals surface area contributed by atoms with Crippen molar-refractivity contribution >= 4 is 23.2 Å². The zero-order valence-electron chi connectivity index (χ0n) is 15.5. The minimum atomic E-state index is 0.596. The van der Waals surface area contributed by atoms with Gasteiger partial charge in [0.05, 0.1) is 22.9 Å². The summed E-state index contributed by atoms with van der Waals surface area (Å²) in [4.78, 5) is 7.68. The van der Waals surface area contributed by atoms with Crippen molar-refractivity contribution in [1.82, 2.24) is 19.7 Å². The lowest BCUT2D eigenvalue weighted by atomic mass is 10.1. The van der Waals surface area contributed by atoms with E-state index in [0.717, 1.165) is 33.5 Å². The van der Waals surface area contributed by atoms with Crippen molar-refractivity contribution in [2.24, 2.45) is 5.10 Å². The van der Waals surface area contributed by atoms with Crippen molar-refractivity contribution in [3.63, 3.8) is 0 Å². The molecule has 0 aliphatic rings. The van der Waals surface area contributed by atoms with Gasteiger partial charge in [-0.3, -0.25) is 0 Å². The molecule has 5 aromatic rings. The number of aromatic amines is 1. The van der Waals surface area contributed by atoms with Crippen LogP contribution in [0.1, 0.15) is 5.56 Å². The second kappa shape index (κ2) is 7.44. The van der Waals surface area contributed by atoms with E-state index >= 15 is 0 Å². The summed E-state index contributed by atoms with van der Waals surface area (Å²) in [5.74, 6) is 0.596. The number of fused-ring (bicyclic) bond motifs is 1. The summed E-state index contributed by atoms with van der Waals surface area (Å²) in [5.41, 5.74) is 8.64. The van der Waals surface area contributed by atoms with Crippen LogP contribution in [0.3, 0.4) is 0 Å². The molecule has 0 fully saturated rings. The lowest BCUT2D eigenvalue weighted by molar-refractivity contribution is 0.884. The standard InChI is InChI=1S/C23H18N6/c1-3-9-17(10-4-1)22-18(16-29(28-22)19-11-5-2-6-12-19)15-24-27-23-25-20-13-7-8-14-21(20)26-23/h1-16H,(H2,25,26,27). The Morgan fingerprint density at radius 1 is 0.862 bits per heavy atom. The predicted octanol–water partition coefficient (Wildman–Crippen LogP) is 4.86. The number of aromatic nitrogens is 4. The Kier molecular flexibility index (Phi) is 4.35. The summed E-state index contributed by atoms with van der Waals surface area (Å²) in [7, 11) is 0. The van der Waals surface area contributed by atoms with Crippen LogP contribution in [0.5, 0.6) is 0 Å². The van der Waals surface area contributed by atoms with Crippen molar-refractivity contribution in [2.75, 3.05) is 5.43 Å². The van der Waals surface area contributed by atoms with E-state index in [4.69, 9.17) is 5.10 Å². The summed E-state index contributed by atoms with van der Waals surface area (Å²) in [6, 6.07) is 28.0. The molecule has 0 aliphatic carbocycles. The molecule has 0 radical (unpaired) electrons. The molecule has 5 rings (SSSR count). The summed E-state index contributed by atoms with van der Waals surface area (Å²) >= 11 is 0. The minimum Gasteiger partial charge on any atom is -0.323 e. The molecule has 0 aliphatic heterocycles. The highest BCUT2D eigenvalue weighted by Crippen LogP contribution is 2.22. The first-order valence-electron chi connectivity index (χ1n) is 9.31. The number of nitrogens with one attached hydrogen (secondary N) is 2. The number of hydrazone groups is 1. The van der Waals surface area contributed by atoms with Crippen molar-refractivity contribution in [2.45, 2.75) is 0 Å². The largest absolute Gasteiger partial charge is 0.323 e. The zero-order valence-corrected chi connectivity index (χ0v) is 15.5. The smallest absolute Gasteiger partial charge is 0.222 e. The van der Waals surface area contributed by atoms with Gasteiger partial charge in [-0.2, -0.15) is 10.2 Å². The van der Waals surface area contributed by atoms with Gasteiger partial charge in [0.1, 0.15) is 5.69 Å². The summed E-state index contributed by atoms with van der Waals surface area (Å²) in [6.45, 7) is 0. The highest BCUT2D eigenvalue weighted by molar-refractivity contribution is 5.89. The summed E-state index contributed by atoms with van der Waals surface area (Å²) < 4.78 is 1.87. The van der Waals surface area contributed by atoms with E-state index in [1.54, 1.807) is 6.21 Å². The van der Waals surface area contributed by atoms with Crippen LogP contribution >= 0.6 is 0 Å². The molecule has 0 spiro atoms. The number of hydrogen-bond acceptors (Lipinski definition) is 4. The molecule has 0 saturated carbocycles. The van der Waals surface area contributed by atoms with E-state index in [1.165, 1.54) is 0 Å². The van der Waals surface area contributed by atoms with E-state index in [0.29, 0.717) is 5.95 Å². The topological polar surface area (TPSA) is 70.9 Å². The number of benzene rings is 3. The highest BCUT2D eigenvalue weighted by Gasteiger charge is 2.11. The predicted molar refractivity (Wildman–Crippen MR) is 116 cm³/mol. The Bertz CT molecular complexity index is 1240. The van der Waals surface area contributed by atoms with Gasteiger partial charge >= 0.3 is 0 Å². The number of rotatable bonds is 5. The van der Waals surface area contributed by atoms with E-state index in [1.807, 2.05) is 95.8 Å². The molecular formula is C23H18N6. The lowest BCUT2D eigenvalue weighted by Crippen LogP contribution is -1.93. The van der Waals surface area contributed by atoms with Crippen LogP contribution in [-0.4, -0.2) is 26.0 Å². The third kappa shape index (κ3) is 3.51. The van der Waals surface area contributed by atoms with Gasteiger partial charge in [-0.05, 0) is 24.3 Å².